The maximum Gasteiger partial charge on any atom is 0.141 e. The molecule has 0 fully saturated rings. The van der Waals surface area contributed by atoms with Crippen LogP contribution >= 0.6 is 0 Å². The lowest BCUT2D eigenvalue weighted by Crippen LogP contribution is -2.29. The van der Waals surface area contributed by atoms with Crippen molar-refractivity contribution in [2.75, 3.05) is 31.2 Å². The number of fused-ring (bicyclic) bond motifs is 3. The van der Waals surface area contributed by atoms with E-state index >= 15 is 0 Å². The van der Waals surface area contributed by atoms with Gasteiger partial charge in [-0.05, 0) is 49.2 Å². The monoisotopic (exact) mass is 455 g/mol. The second-order valence-electron chi connectivity index (χ2n) is 8.64. The molecular formula is C28H29N3O3. The minimum atomic E-state index is 0.0363. The number of hydrogen-bond acceptors (Lipinski definition) is 5. The van der Waals surface area contributed by atoms with Gasteiger partial charge in [-0.1, -0.05) is 47.6 Å². The van der Waals surface area contributed by atoms with E-state index in [1.54, 1.807) is 0 Å². The molecule has 3 aromatic carbocycles. The largest absolute Gasteiger partial charge is 0.395 e. The molecule has 0 unspecified atom stereocenters. The standard InChI is InChI=1S/C28H29N3O3/c1-19-28(20(2)34-29-19)22-8-10-24-25-17-23(30(12-14-32)13-15-33)9-11-26(25)31(27(24)16-22)18-21-6-4-3-5-7-21/h3-11,16-17,32-33H,12-15,18H2,1-2H3. The van der Waals surface area contributed by atoms with Gasteiger partial charge in [0.1, 0.15) is 5.76 Å². The van der Waals surface area contributed by atoms with E-state index in [2.05, 4.69) is 70.4 Å². The average molecular weight is 456 g/mol. The minimum absolute atomic E-state index is 0.0363. The van der Waals surface area contributed by atoms with E-state index in [4.69, 9.17) is 4.52 Å². The molecule has 174 valence electrons. The van der Waals surface area contributed by atoms with Gasteiger partial charge in [-0.15, -0.1) is 0 Å². The Morgan fingerprint density at radius 3 is 2.29 bits per heavy atom. The Morgan fingerprint density at radius 2 is 1.62 bits per heavy atom. The quantitative estimate of drug-likeness (QED) is 0.348. The first-order valence-electron chi connectivity index (χ1n) is 11.6. The molecule has 2 aromatic heterocycles. The van der Waals surface area contributed by atoms with Crippen molar-refractivity contribution in [2.45, 2.75) is 20.4 Å². The van der Waals surface area contributed by atoms with Gasteiger partial charge in [0.05, 0.1) is 24.4 Å². The average Bonchev–Trinajstić information content (AvgIpc) is 3.35. The third kappa shape index (κ3) is 3.95. The fraction of sp³-hybridized carbons (Fsp3) is 0.250. The van der Waals surface area contributed by atoms with Crippen LogP contribution in [0.25, 0.3) is 32.9 Å². The van der Waals surface area contributed by atoms with E-state index < -0.39 is 0 Å². The third-order valence-electron chi connectivity index (χ3n) is 6.46. The molecule has 5 rings (SSSR count). The lowest BCUT2D eigenvalue weighted by molar-refractivity contribution is 0.281. The van der Waals surface area contributed by atoms with Crippen LogP contribution in [0.4, 0.5) is 5.69 Å². The number of aliphatic hydroxyl groups is 2. The highest BCUT2D eigenvalue weighted by Crippen LogP contribution is 2.36. The molecule has 0 saturated heterocycles. The molecule has 0 spiro atoms. The number of nitrogens with zero attached hydrogens (tertiary/aromatic N) is 3. The second-order valence-corrected chi connectivity index (χ2v) is 8.64. The van der Waals surface area contributed by atoms with E-state index in [1.165, 1.54) is 5.56 Å². The van der Waals surface area contributed by atoms with E-state index in [9.17, 15) is 10.2 Å². The summed E-state index contributed by atoms with van der Waals surface area (Å²) in [5.41, 5.74) is 7.52. The summed E-state index contributed by atoms with van der Waals surface area (Å²) in [6.45, 7) is 5.70. The van der Waals surface area contributed by atoms with Gasteiger partial charge in [-0.2, -0.15) is 0 Å². The first-order valence-corrected chi connectivity index (χ1v) is 11.6. The summed E-state index contributed by atoms with van der Waals surface area (Å²) in [4.78, 5) is 2.01. The van der Waals surface area contributed by atoms with Crippen LogP contribution in [0.3, 0.4) is 0 Å². The highest BCUT2D eigenvalue weighted by atomic mass is 16.5. The van der Waals surface area contributed by atoms with Crippen LogP contribution in [0, 0.1) is 13.8 Å². The summed E-state index contributed by atoms with van der Waals surface area (Å²) >= 11 is 0. The first kappa shape index (κ1) is 22.2. The summed E-state index contributed by atoms with van der Waals surface area (Å²) < 4.78 is 7.79. The van der Waals surface area contributed by atoms with E-state index in [0.29, 0.717) is 13.1 Å². The summed E-state index contributed by atoms with van der Waals surface area (Å²) in [5, 5.41) is 25.5. The number of aryl methyl sites for hydroxylation is 2. The van der Waals surface area contributed by atoms with Crippen LogP contribution in [0.2, 0.25) is 0 Å². The molecule has 0 atom stereocenters. The number of hydrogen-bond donors (Lipinski definition) is 2. The van der Waals surface area contributed by atoms with Gasteiger partial charge in [0.25, 0.3) is 0 Å². The Morgan fingerprint density at radius 1 is 0.853 bits per heavy atom. The normalized spacial score (nSPS) is 11.5. The fourth-order valence-corrected chi connectivity index (χ4v) is 4.88. The molecular weight excluding hydrogens is 426 g/mol. The molecule has 0 saturated carbocycles. The first-order chi connectivity index (χ1) is 16.6. The Labute approximate surface area is 198 Å². The predicted octanol–water partition coefficient (Wildman–Crippen LogP) is 4.91. The SMILES string of the molecule is Cc1noc(C)c1-c1ccc2c3cc(N(CCO)CCO)ccc3n(Cc3ccccc3)c2c1. The van der Waals surface area contributed by atoms with Crippen molar-refractivity contribution in [1.82, 2.24) is 9.72 Å². The Hall–Kier alpha value is -3.61. The van der Waals surface area contributed by atoms with Gasteiger partial charge in [-0.25, -0.2) is 0 Å². The maximum absolute atomic E-state index is 9.50. The molecule has 6 nitrogen and oxygen atoms in total. The van der Waals surface area contributed by atoms with Crippen molar-refractivity contribution in [3.63, 3.8) is 0 Å². The fourth-order valence-electron chi connectivity index (χ4n) is 4.88. The highest BCUT2D eigenvalue weighted by Gasteiger charge is 2.17. The number of rotatable bonds is 8. The minimum Gasteiger partial charge on any atom is -0.395 e. The van der Waals surface area contributed by atoms with Crippen molar-refractivity contribution in [3.8, 4) is 11.1 Å². The molecule has 5 aromatic rings. The Balaban J connectivity index is 1.72. The number of aliphatic hydroxyl groups excluding tert-OH is 2. The summed E-state index contributed by atoms with van der Waals surface area (Å²) in [5.74, 6) is 0.813. The van der Waals surface area contributed by atoms with Crippen molar-refractivity contribution >= 4 is 27.5 Å². The van der Waals surface area contributed by atoms with Gasteiger partial charge >= 0.3 is 0 Å². The number of anilines is 1. The molecule has 0 aliphatic rings. The van der Waals surface area contributed by atoms with Crippen LogP contribution in [0.5, 0.6) is 0 Å². The van der Waals surface area contributed by atoms with E-state index in [1.807, 2.05) is 24.8 Å². The zero-order valence-electron chi connectivity index (χ0n) is 19.5. The highest BCUT2D eigenvalue weighted by molar-refractivity contribution is 6.10. The van der Waals surface area contributed by atoms with Crippen LogP contribution in [0.1, 0.15) is 17.0 Å². The van der Waals surface area contributed by atoms with Crippen molar-refractivity contribution in [2.24, 2.45) is 0 Å². The smallest absolute Gasteiger partial charge is 0.141 e. The molecule has 34 heavy (non-hydrogen) atoms. The zero-order valence-corrected chi connectivity index (χ0v) is 19.5. The van der Waals surface area contributed by atoms with E-state index in [0.717, 1.165) is 56.6 Å². The zero-order chi connectivity index (χ0) is 23.7. The van der Waals surface area contributed by atoms with Gasteiger partial charge in [0.2, 0.25) is 0 Å². The van der Waals surface area contributed by atoms with Crippen LogP contribution in [-0.2, 0) is 6.54 Å². The Bertz CT molecular complexity index is 1410. The van der Waals surface area contributed by atoms with Crippen molar-refractivity contribution in [1.29, 1.82) is 0 Å². The van der Waals surface area contributed by atoms with Crippen molar-refractivity contribution < 1.29 is 14.7 Å². The molecule has 0 amide bonds. The molecule has 0 radical (unpaired) electrons. The van der Waals surface area contributed by atoms with Gasteiger partial charge in [0, 0.05) is 47.2 Å². The lowest BCUT2D eigenvalue weighted by atomic mass is 10.0. The number of aromatic nitrogens is 2. The van der Waals surface area contributed by atoms with Crippen molar-refractivity contribution in [3.05, 3.63) is 83.7 Å². The van der Waals surface area contributed by atoms with Gasteiger partial charge in [0.15, 0.2) is 0 Å². The van der Waals surface area contributed by atoms with Crippen LogP contribution in [-0.4, -0.2) is 46.2 Å². The summed E-state index contributed by atoms with van der Waals surface area (Å²) in [7, 11) is 0. The molecule has 0 aliphatic carbocycles. The Kier molecular flexibility index (Phi) is 6.09. The lowest BCUT2D eigenvalue weighted by Gasteiger charge is -2.23. The molecule has 0 aliphatic heterocycles. The summed E-state index contributed by atoms with van der Waals surface area (Å²) in [6, 6.07) is 23.4. The molecule has 0 bridgehead atoms. The predicted molar refractivity (Wildman–Crippen MR) is 136 cm³/mol. The van der Waals surface area contributed by atoms with Gasteiger partial charge < -0.3 is 24.2 Å². The third-order valence-corrected chi connectivity index (χ3v) is 6.46. The maximum atomic E-state index is 9.50. The van der Waals surface area contributed by atoms with Crippen LogP contribution < -0.4 is 4.90 Å². The van der Waals surface area contributed by atoms with E-state index in [-0.39, 0.29) is 13.2 Å². The molecule has 2 heterocycles. The second kappa shape index (κ2) is 9.33. The molecule has 2 N–H and O–H groups in total. The topological polar surface area (TPSA) is 74.7 Å². The number of benzene rings is 3. The summed E-state index contributed by atoms with van der Waals surface area (Å²) in [6.07, 6.45) is 0. The van der Waals surface area contributed by atoms with Gasteiger partial charge in [-0.3, -0.25) is 0 Å². The van der Waals surface area contributed by atoms with Crippen LogP contribution in [0.15, 0.2) is 71.3 Å². The molecule has 6 heteroatoms.